The van der Waals surface area contributed by atoms with E-state index < -0.39 is 0 Å². The van der Waals surface area contributed by atoms with Crippen LogP contribution in [0.25, 0.3) is 9.66 Å². The fraction of sp³-hybridized carbons (Fsp3) is 0.800. The molecule has 2 aromatic heterocycles. The Morgan fingerprint density at radius 2 is 0.929 bits per heavy atom. The predicted molar refractivity (Wildman–Crippen MR) is 116 cm³/mol. The lowest BCUT2D eigenvalue weighted by molar-refractivity contribution is -0.871. The molecule has 0 amide bonds. The van der Waals surface area contributed by atoms with Gasteiger partial charge in [-0.05, 0) is 0 Å². The summed E-state index contributed by atoms with van der Waals surface area (Å²) in [5.74, 6) is 0. The molecule has 0 spiro atoms. The molecule has 0 atom stereocenters. The van der Waals surface area contributed by atoms with Crippen molar-refractivity contribution in [3.05, 3.63) is 10.0 Å². The number of hydrogen-bond acceptors (Lipinski definition) is 4. The zero-order chi connectivity index (χ0) is 20.0. The first-order valence-corrected chi connectivity index (χ1v) is 11.1. The molecule has 0 aliphatic carbocycles. The minimum absolute atomic E-state index is 0. The molecule has 0 aliphatic heterocycles. The van der Waals surface area contributed by atoms with Crippen molar-refractivity contribution in [3.8, 4) is 0 Å². The van der Waals surface area contributed by atoms with Gasteiger partial charge in [0, 0.05) is 23.7 Å². The van der Waals surface area contributed by atoms with Crippen LogP contribution in [0.15, 0.2) is 0 Å². The van der Waals surface area contributed by atoms with E-state index >= 15 is 0 Å². The summed E-state index contributed by atoms with van der Waals surface area (Å²) in [6, 6.07) is 0. The van der Waals surface area contributed by atoms with Crippen LogP contribution in [0.4, 0.5) is 0 Å². The molecule has 2 rings (SSSR count). The summed E-state index contributed by atoms with van der Waals surface area (Å²) >= 11 is 3.59. The van der Waals surface area contributed by atoms with E-state index in [1.54, 1.807) is 22.7 Å². The van der Waals surface area contributed by atoms with Gasteiger partial charge in [0.15, 0.2) is 9.66 Å². The highest BCUT2D eigenvalue weighted by Crippen LogP contribution is 2.39. The third-order valence-corrected chi connectivity index (χ3v) is 7.71. The van der Waals surface area contributed by atoms with Crippen molar-refractivity contribution in [2.45, 2.75) is 51.4 Å². The number of quaternary nitrogens is 2. The number of fused-ring (bicyclic) bond motifs is 1. The maximum absolute atomic E-state index is 4.99. The van der Waals surface area contributed by atoms with Gasteiger partial charge in [-0.25, -0.2) is 9.97 Å². The first-order chi connectivity index (χ1) is 11.6. The summed E-state index contributed by atoms with van der Waals surface area (Å²) in [5.41, 5.74) is 0.214. The van der Waals surface area contributed by atoms with Gasteiger partial charge in [0.1, 0.15) is 10.0 Å². The summed E-state index contributed by atoms with van der Waals surface area (Å²) < 4.78 is 1.98. The average Bonchev–Trinajstić information content (AvgIpc) is 3.01. The van der Waals surface area contributed by atoms with E-state index in [2.05, 4.69) is 70.0 Å². The fourth-order valence-electron chi connectivity index (χ4n) is 2.66. The Hall–Kier alpha value is 0.900. The van der Waals surface area contributed by atoms with Crippen LogP contribution in [0, 0.1) is 0 Å². The lowest BCUT2D eigenvalue weighted by Gasteiger charge is -2.29. The molecule has 164 valence electrons. The van der Waals surface area contributed by atoms with Crippen LogP contribution in [-0.4, -0.2) is 74.3 Å². The lowest BCUT2D eigenvalue weighted by Crippen LogP contribution is -3.00. The molecule has 0 saturated carbocycles. The zero-order valence-corrected chi connectivity index (χ0v) is 25.1. The summed E-state index contributed by atoms with van der Waals surface area (Å²) in [7, 11) is 13.5. The predicted octanol–water partition coefficient (Wildman–Crippen LogP) is -1.49. The summed E-state index contributed by atoms with van der Waals surface area (Å²) in [6.07, 6.45) is 2.28. The van der Waals surface area contributed by atoms with E-state index in [0.717, 1.165) is 44.6 Å². The Morgan fingerprint density at radius 3 is 1.18 bits per heavy atom. The molecule has 0 N–H and O–H groups in total. The Morgan fingerprint density at radius 1 is 0.643 bits per heavy atom. The highest BCUT2D eigenvalue weighted by molar-refractivity contribution is 7.26. The number of rotatable bonds is 8. The lowest BCUT2D eigenvalue weighted by atomic mass is 9.90. The second kappa shape index (κ2) is 10.0. The normalized spacial score (nSPS) is 13.4. The van der Waals surface area contributed by atoms with Crippen molar-refractivity contribution in [2.75, 3.05) is 55.4 Å². The SMILES string of the molecule is CC(C)(CC[N+](C)(C)C)c1nc2sc(C(C)(C)CC[N+](C)(C)C)nc2s1.[I-].[I-]. The standard InChI is InChI=1S/C20H38N4S2.2HI/c1-19(2,11-13-23(5,6)7)17-21-15-16(25-17)22-18(26-15)20(3,4)12-14-24(8,9)10;;/h11-14H2,1-10H3;2*1H/q+2;;/p-2. The van der Waals surface area contributed by atoms with Crippen LogP contribution in [0.2, 0.25) is 0 Å². The summed E-state index contributed by atoms with van der Waals surface area (Å²) in [6.45, 7) is 11.6. The molecule has 0 aliphatic rings. The molecule has 4 nitrogen and oxygen atoms in total. The van der Waals surface area contributed by atoms with Gasteiger partial charge in [-0.3, -0.25) is 0 Å². The first-order valence-electron chi connectivity index (χ1n) is 9.48. The van der Waals surface area contributed by atoms with Gasteiger partial charge in [0.05, 0.1) is 55.4 Å². The van der Waals surface area contributed by atoms with Gasteiger partial charge in [-0.1, -0.05) is 50.4 Å². The Balaban J connectivity index is 0.00000364. The summed E-state index contributed by atoms with van der Waals surface area (Å²) in [5, 5.41) is 2.46. The van der Waals surface area contributed by atoms with Gasteiger partial charge in [0.2, 0.25) is 0 Å². The van der Waals surface area contributed by atoms with Crippen LogP contribution in [0.5, 0.6) is 0 Å². The molecule has 28 heavy (non-hydrogen) atoms. The Labute approximate surface area is 214 Å². The molecule has 0 saturated heterocycles. The average molecular weight is 652 g/mol. The van der Waals surface area contributed by atoms with Crippen molar-refractivity contribution >= 4 is 32.3 Å². The number of nitrogens with zero attached hydrogens (tertiary/aromatic N) is 4. The van der Waals surface area contributed by atoms with Crippen LogP contribution in [0.1, 0.15) is 50.6 Å². The van der Waals surface area contributed by atoms with E-state index in [-0.39, 0.29) is 58.8 Å². The van der Waals surface area contributed by atoms with Crippen LogP contribution < -0.4 is 48.0 Å². The molecule has 0 aromatic carbocycles. The Bertz CT molecular complexity index is 661. The van der Waals surface area contributed by atoms with Crippen LogP contribution in [-0.2, 0) is 10.8 Å². The third kappa shape index (κ3) is 8.20. The second-order valence-electron chi connectivity index (χ2n) is 10.9. The molecule has 2 aromatic rings. The first kappa shape index (κ1) is 28.9. The van der Waals surface area contributed by atoms with Crippen molar-refractivity contribution in [1.82, 2.24) is 9.97 Å². The molecule has 2 heterocycles. The van der Waals surface area contributed by atoms with Gasteiger partial charge < -0.3 is 56.9 Å². The maximum Gasteiger partial charge on any atom is 0.155 e. The van der Waals surface area contributed by atoms with E-state index in [0.29, 0.717) is 0 Å². The third-order valence-electron chi connectivity index (χ3n) is 4.95. The largest absolute Gasteiger partial charge is 1.00 e. The smallest absolute Gasteiger partial charge is 0.155 e. The molecule has 0 bridgehead atoms. The van der Waals surface area contributed by atoms with Crippen molar-refractivity contribution in [3.63, 3.8) is 0 Å². The van der Waals surface area contributed by atoms with E-state index in [1.807, 2.05) is 0 Å². The maximum atomic E-state index is 4.99. The number of halogens is 2. The van der Waals surface area contributed by atoms with E-state index in [4.69, 9.17) is 9.97 Å². The van der Waals surface area contributed by atoms with Crippen LogP contribution >= 0.6 is 22.7 Å². The number of thiazole rings is 2. The molecular formula is C20H38I2N4S2. The van der Waals surface area contributed by atoms with E-state index in [9.17, 15) is 0 Å². The Kier molecular flexibility index (Phi) is 10.3. The van der Waals surface area contributed by atoms with Crippen molar-refractivity contribution in [2.24, 2.45) is 0 Å². The monoisotopic (exact) mass is 652 g/mol. The zero-order valence-electron chi connectivity index (χ0n) is 19.2. The highest BCUT2D eigenvalue weighted by atomic mass is 127. The number of hydrogen-bond donors (Lipinski definition) is 0. The molecule has 0 unspecified atom stereocenters. The highest BCUT2D eigenvalue weighted by Gasteiger charge is 2.31. The molecular weight excluding hydrogens is 614 g/mol. The molecule has 8 heteroatoms. The van der Waals surface area contributed by atoms with Gasteiger partial charge in [0.25, 0.3) is 0 Å². The quantitative estimate of drug-likeness (QED) is 0.257. The molecule has 0 radical (unpaired) electrons. The van der Waals surface area contributed by atoms with Crippen molar-refractivity contribution < 1.29 is 56.9 Å². The van der Waals surface area contributed by atoms with Crippen molar-refractivity contribution in [1.29, 1.82) is 0 Å². The fourth-order valence-corrected chi connectivity index (χ4v) is 4.97. The topological polar surface area (TPSA) is 25.8 Å². The second-order valence-corrected chi connectivity index (χ2v) is 12.9. The minimum Gasteiger partial charge on any atom is -1.00 e. The van der Waals surface area contributed by atoms with Gasteiger partial charge in [-0.2, -0.15) is 0 Å². The van der Waals surface area contributed by atoms with Crippen LogP contribution in [0.3, 0.4) is 0 Å². The van der Waals surface area contributed by atoms with E-state index in [1.165, 1.54) is 10.0 Å². The van der Waals surface area contributed by atoms with Gasteiger partial charge >= 0.3 is 0 Å². The molecule has 0 fully saturated rings. The minimum atomic E-state index is 0. The number of aromatic nitrogens is 2. The van der Waals surface area contributed by atoms with Gasteiger partial charge in [-0.15, -0.1) is 0 Å². The summed E-state index contributed by atoms with van der Waals surface area (Å²) in [4.78, 5) is 12.2.